The summed E-state index contributed by atoms with van der Waals surface area (Å²) in [5, 5.41) is 0. The van der Waals surface area contributed by atoms with E-state index in [1.165, 1.54) is 26.0 Å². The highest BCUT2D eigenvalue weighted by atomic mass is 19.3. The van der Waals surface area contributed by atoms with Crippen molar-refractivity contribution < 1.29 is 13.2 Å². The van der Waals surface area contributed by atoms with Gasteiger partial charge >= 0.3 is 0 Å². The predicted molar refractivity (Wildman–Crippen MR) is 56.8 cm³/mol. The van der Waals surface area contributed by atoms with Crippen LogP contribution in [0.5, 0.6) is 0 Å². The van der Waals surface area contributed by atoms with Gasteiger partial charge in [-0.1, -0.05) is 11.6 Å². The van der Waals surface area contributed by atoms with Gasteiger partial charge in [0.25, 0.3) is 5.92 Å². The minimum atomic E-state index is -3.15. The maximum Gasteiger partial charge on any atom is 0.298 e. The standard InChI is InChI=1S/C12H12F3N/c1-7-4-5-8-9(6-7)12(14,15)11(2,3)16-10(8)13/h4-6H,1-3H3. The van der Waals surface area contributed by atoms with Crippen LogP contribution in [0.2, 0.25) is 0 Å². The van der Waals surface area contributed by atoms with E-state index in [2.05, 4.69) is 4.99 Å². The number of aliphatic imine (C=N–C) groups is 1. The summed E-state index contributed by atoms with van der Waals surface area (Å²) in [7, 11) is 0. The van der Waals surface area contributed by atoms with E-state index in [4.69, 9.17) is 0 Å². The van der Waals surface area contributed by atoms with Crippen molar-refractivity contribution in [3.63, 3.8) is 0 Å². The molecule has 0 unspecified atom stereocenters. The van der Waals surface area contributed by atoms with Crippen molar-refractivity contribution in [2.45, 2.75) is 32.2 Å². The SMILES string of the molecule is Cc1ccc2c(c1)C(F)(F)C(C)(C)N=C2F. The Hall–Kier alpha value is -1.32. The van der Waals surface area contributed by atoms with Crippen LogP contribution < -0.4 is 0 Å². The van der Waals surface area contributed by atoms with Gasteiger partial charge in [0.1, 0.15) is 5.54 Å². The monoisotopic (exact) mass is 227 g/mol. The lowest BCUT2D eigenvalue weighted by Gasteiger charge is -2.35. The molecule has 0 bridgehead atoms. The average Bonchev–Trinajstić information content (AvgIpc) is 2.14. The molecule has 0 atom stereocenters. The highest BCUT2D eigenvalue weighted by Crippen LogP contribution is 2.46. The van der Waals surface area contributed by atoms with Gasteiger partial charge in [-0.05, 0) is 32.9 Å². The molecular formula is C12H12F3N. The van der Waals surface area contributed by atoms with Crippen LogP contribution in [0.4, 0.5) is 13.2 Å². The van der Waals surface area contributed by atoms with Gasteiger partial charge in [-0.2, -0.15) is 13.2 Å². The van der Waals surface area contributed by atoms with Crippen LogP contribution in [-0.4, -0.2) is 11.5 Å². The Morgan fingerprint density at radius 1 is 1.19 bits per heavy atom. The molecule has 1 heterocycles. The Labute approximate surface area is 92.0 Å². The molecule has 1 aromatic carbocycles. The normalized spacial score (nSPS) is 21.2. The van der Waals surface area contributed by atoms with Crippen LogP contribution in [0, 0.1) is 6.92 Å². The van der Waals surface area contributed by atoms with E-state index in [0.717, 1.165) is 0 Å². The smallest absolute Gasteiger partial charge is 0.244 e. The molecule has 0 N–H and O–H groups in total. The zero-order valence-corrected chi connectivity index (χ0v) is 9.31. The van der Waals surface area contributed by atoms with Crippen LogP contribution in [0.25, 0.3) is 0 Å². The molecule has 4 heteroatoms. The minimum absolute atomic E-state index is 0.102. The molecule has 0 spiro atoms. The Kier molecular flexibility index (Phi) is 2.16. The fourth-order valence-electron chi connectivity index (χ4n) is 1.80. The number of hydrogen-bond acceptors (Lipinski definition) is 1. The lowest BCUT2D eigenvalue weighted by molar-refractivity contribution is -0.0689. The summed E-state index contributed by atoms with van der Waals surface area (Å²) in [5.74, 6) is -3.96. The van der Waals surface area contributed by atoms with Crippen molar-refractivity contribution in [1.82, 2.24) is 0 Å². The number of alkyl halides is 2. The van der Waals surface area contributed by atoms with E-state index in [9.17, 15) is 13.2 Å². The first-order chi connectivity index (χ1) is 7.25. The molecule has 2 rings (SSSR count). The highest BCUT2D eigenvalue weighted by molar-refractivity contribution is 5.96. The lowest BCUT2D eigenvalue weighted by atomic mass is 9.84. The second-order valence-electron chi connectivity index (χ2n) is 4.59. The molecule has 0 amide bonds. The molecule has 86 valence electrons. The van der Waals surface area contributed by atoms with Crippen molar-refractivity contribution in [1.29, 1.82) is 0 Å². The summed E-state index contributed by atoms with van der Waals surface area (Å²) < 4.78 is 41.7. The highest BCUT2D eigenvalue weighted by Gasteiger charge is 2.52. The summed E-state index contributed by atoms with van der Waals surface area (Å²) in [6.07, 6.45) is 0. The maximum absolute atomic E-state index is 14.1. The van der Waals surface area contributed by atoms with Crippen LogP contribution in [0.3, 0.4) is 0 Å². The zero-order chi connectivity index (χ0) is 12.1. The van der Waals surface area contributed by atoms with Crippen molar-refractivity contribution in [3.05, 3.63) is 34.9 Å². The molecular weight excluding hydrogens is 215 g/mol. The molecule has 0 saturated heterocycles. The van der Waals surface area contributed by atoms with Gasteiger partial charge in [-0.15, -0.1) is 0 Å². The number of benzene rings is 1. The second kappa shape index (κ2) is 3.09. The first-order valence-electron chi connectivity index (χ1n) is 5.00. The van der Waals surface area contributed by atoms with Crippen LogP contribution in [0.1, 0.15) is 30.5 Å². The third kappa shape index (κ3) is 1.36. The number of hydrogen-bond donors (Lipinski definition) is 0. The van der Waals surface area contributed by atoms with E-state index in [1.807, 2.05) is 0 Å². The van der Waals surface area contributed by atoms with Crippen molar-refractivity contribution >= 4 is 5.97 Å². The van der Waals surface area contributed by atoms with Gasteiger partial charge in [-0.3, -0.25) is 0 Å². The Morgan fingerprint density at radius 2 is 1.81 bits per heavy atom. The zero-order valence-electron chi connectivity index (χ0n) is 9.31. The average molecular weight is 227 g/mol. The van der Waals surface area contributed by atoms with Crippen molar-refractivity contribution in [2.24, 2.45) is 4.99 Å². The van der Waals surface area contributed by atoms with E-state index in [0.29, 0.717) is 5.56 Å². The number of nitrogens with zero attached hydrogens (tertiary/aromatic N) is 1. The van der Waals surface area contributed by atoms with Gasteiger partial charge in [-0.25, -0.2) is 4.99 Å². The van der Waals surface area contributed by atoms with Crippen LogP contribution in [0.15, 0.2) is 23.2 Å². The van der Waals surface area contributed by atoms with Crippen molar-refractivity contribution in [3.8, 4) is 0 Å². The lowest BCUT2D eigenvalue weighted by Crippen LogP contribution is -2.43. The van der Waals surface area contributed by atoms with E-state index >= 15 is 0 Å². The molecule has 16 heavy (non-hydrogen) atoms. The van der Waals surface area contributed by atoms with Gasteiger partial charge < -0.3 is 0 Å². The molecule has 1 aliphatic heterocycles. The summed E-state index contributed by atoms with van der Waals surface area (Å²) in [6.45, 7) is 4.17. The third-order valence-electron chi connectivity index (χ3n) is 2.88. The van der Waals surface area contributed by atoms with Gasteiger partial charge in [0.05, 0.1) is 0 Å². The molecule has 0 saturated carbocycles. The van der Waals surface area contributed by atoms with Gasteiger partial charge in [0, 0.05) is 11.1 Å². The molecule has 0 radical (unpaired) electrons. The summed E-state index contributed by atoms with van der Waals surface area (Å²) in [5.41, 5.74) is -1.43. The van der Waals surface area contributed by atoms with Gasteiger partial charge in [0.15, 0.2) is 0 Å². The topological polar surface area (TPSA) is 12.4 Å². The molecule has 0 fully saturated rings. The fourth-order valence-corrected chi connectivity index (χ4v) is 1.80. The Morgan fingerprint density at radius 3 is 2.44 bits per heavy atom. The molecule has 0 aromatic heterocycles. The minimum Gasteiger partial charge on any atom is -0.244 e. The predicted octanol–water partition coefficient (Wildman–Crippen LogP) is 3.60. The largest absolute Gasteiger partial charge is 0.298 e. The fraction of sp³-hybridized carbons (Fsp3) is 0.417. The van der Waals surface area contributed by atoms with Crippen LogP contribution in [-0.2, 0) is 5.92 Å². The summed E-state index contributed by atoms with van der Waals surface area (Å²) in [6, 6.07) is 4.28. The summed E-state index contributed by atoms with van der Waals surface area (Å²) >= 11 is 0. The Balaban J connectivity index is 2.75. The number of fused-ring (bicyclic) bond motifs is 1. The molecule has 1 nitrogen and oxygen atoms in total. The molecule has 1 aliphatic rings. The first kappa shape index (κ1) is 11.2. The number of aryl methyl sites for hydroxylation is 1. The molecule has 1 aromatic rings. The van der Waals surface area contributed by atoms with E-state index in [1.54, 1.807) is 13.0 Å². The number of halogens is 3. The second-order valence-corrected chi connectivity index (χ2v) is 4.59. The van der Waals surface area contributed by atoms with E-state index in [-0.39, 0.29) is 11.1 Å². The van der Waals surface area contributed by atoms with E-state index < -0.39 is 17.4 Å². The quantitative estimate of drug-likeness (QED) is 0.642. The van der Waals surface area contributed by atoms with Crippen LogP contribution >= 0.6 is 0 Å². The van der Waals surface area contributed by atoms with Gasteiger partial charge in [0.2, 0.25) is 5.97 Å². The van der Waals surface area contributed by atoms with Crippen molar-refractivity contribution in [2.75, 3.05) is 0 Å². The first-order valence-corrected chi connectivity index (χ1v) is 5.00. The maximum atomic E-state index is 14.1. The third-order valence-corrected chi connectivity index (χ3v) is 2.88. The molecule has 0 aliphatic carbocycles. The summed E-state index contributed by atoms with van der Waals surface area (Å²) in [4.78, 5) is 3.44. The Bertz CT molecular complexity index is 475. The number of rotatable bonds is 0.